The van der Waals surface area contributed by atoms with Gasteiger partial charge in [-0.3, -0.25) is 14.5 Å². The van der Waals surface area contributed by atoms with Gasteiger partial charge in [-0.05, 0) is 130 Å². The predicted molar refractivity (Wildman–Crippen MR) is 158 cm³/mol. The van der Waals surface area contributed by atoms with E-state index in [-0.39, 0.29) is 17.5 Å². The zero-order chi connectivity index (χ0) is 28.0. The SMILES string of the molecule is CCN1CCC(N(C)Cc2cn(CC3CC3)c(=O)c3ccc(-c4cc(C(=O)NC5CC5)cc(F)c4C)cc23)CC1. The zero-order valence-electron chi connectivity index (χ0n) is 24.0. The van der Waals surface area contributed by atoms with E-state index in [2.05, 4.69) is 35.3 Å². The van der Waals surface area contributed by atoms with E-state index in [1.807, 2.05) is 22.8 Å². The van der Waals surface area contributed by atoms with Gasteiger partial charge in [0.05, 0.1) is 0 Å². The summed E-state index contributed by atoms with van der Waals surface area (Å²) in [5, 5.41) is 4.59. The number of amides is 1. The minimum absolute atomic E-state index is 0.0385. The lowest BCUT2D eigenvalue weighted by molar-refractivity contribution is 0.0950. The molecule has 0 spiro atoms. The molecule has 1 aromatic heterocycles. The van der Waals surface area contributed by atoms with Crippen LogP contribution in [-0.2, 0) is 13.1 Å². The highest BCUT2D eigenvalue weighted by atomic mass is 19.1. The van der Waals surface area contributed by atoms with Gasteiger partial charge in [0.1, 0.15) is 5.82 Å². The smallest absolute Gasteiger partial charge is 0.258 e. The Morgan fingerprint density at radius 2 is 1.80 bits per heavy atom. The van der Waals surface area contributed by atoms with E-state index in [1.165, 1.54) is 18.9 Å². The monoisotopic (exact) mass is 544 g/mol. The van der Waals surface area contributed by atoms with E-state index in [0.717, 1.165) is 74.9 Å². The molecule has 3 fully saturated rings. The average molecular weight is 545 g/mol. The third-order valence-electron chi connectivity index (χ3n) is 9.20. The highest BCUT2D eigenvalue weighted by Crippen LogP contribution is 2.33. The first-order chi connectivity index (χ1) is 19.3. The highest BCUT2D eigenvalue weighted by molar-refractivity contribution is 5.97. The van der Waals surface area contributed by atoms with Crippen molar-refractivity contribution in [2.24, 2.45) is 5.92 Å². The minimum atomic E-state index is -0.392. The van der Waals surface area contributed by atoms with Crippen molar-refractivity contribution in [2.45, 2.75) is 77.5 Å². The molecule has 2 aromatic carbocycles. The summed E-state index contributed by atoms with van der Waals surface area (Å²) >= 11 is 0. The first-order valence-electron chi connectivity index (χ1n) is 15.0. The van der Waals surface area contributed by atoms with Crippen LogP contribution >= 0.6 is 0 Å². The summed E-state index contributed by atoms with van der Waals surface area (Å²) in [4.78, 5) is 31.3. The molecule has 1 amide bonds. The number of aromatic nitrogens is 1. The van der Waals surface area contributed by atoms with Crippen LogP contribution in [0.3, 0.4) is 0 Å². The third-order valence-corrected chi connectivity index (χ3v) is 9.20. The van der Waals surface area contributed by atoms with Crippen LogP contribution in [0.1, 0.15) is 66.9 Å². The molecule has 0 bridgehead atoms. The second-order valence-electron chi connectivity index (χ2n) is 12.3. The fourth-order valence-corrected chi connectivity index (χ4v) is 6.16. The second-order valence-corrected chi connectivity index (χ2v) is 12.3. The number of hydrogen-bond acceptors (Lipinski definition) is 4. The van der Waals surface area contributed by atoms with Gasteiger partial charge in [-0.15, -0.1) is 0 Å². The molecule has 212 valence electrons. The fourth-order valence-electron chi connectivity index (χ4n) is 6.16. The lowest BCUT2D eigenvalue weighted by Gasteiger charge is -2.36. The molecule has 0 atom stereocenters. The molecule has 1 saturated heterocycles. The lowest BCUT2D eigenvalue weighted by atomic mass is 9.94. The van der Waals surface area contributed by atoms with Gasteiger partial charge in [-0.2, -0.15) is 0 Å². The fraction of sp³-hybridized carbons (Fsp3) is 0.515. The molecular formula is C33H41FN4O2. The largest absolute Gasteiger partial charge is 0.349 e. The molecule has 2 aliphatic carbocycles. The van der Waals surface area contributed by atoms with Gasteiger partial charge in [0.25, 0.3) is 11.5 Å². The summed E-state index contributed by atoms with van der Waals surface area (Å²) in [5.41, 5.74) is 3.52. The Balaban J connectivity index is 1.38. The maximum Gasteiger partial charge on any atom is 0.258 e. The van der Waals surface area contributed by atoms with Crippen molar-refractivity contribution in [3.63, 3.8) is 0 Å². The normalized spacial score (nSPS) is 18.5. The number of piperidine rings is 1. The Bertz CT molecular complexity index is 1480. The van der Waals surface area contributed by atoms with Gasteiger partial charge in [-0.1, -0.05) is 13.0 Å². The van der Waals surface area contributed by atoms with Crippen LogP contribution in [0.25, 0.3) is 21.9 Å². The number of carbonyl (C=O) groups excluding carboxylic acids is 1. The van der Waals surface area contributed by atoms with E-state index in [1.54, 1.807) is 13.0 Å². The van der Waals surface area contributed by atoms with E-state index in [0.29, 0.717) is 34.0 Å². The van der Waals surface area contributed by atoms with Crippen molar-refractivity contribution in [1.29, 1.82) is 0 Å². The standard InChI is InChI=1S/C33H41FN4O2/c1-4-37-13-11-27(12-14-37)36(3)19-25-20-38(18-22-5-6-22)33(40)28-10-7-23(15-30(25)28)29-16-24(17-31(34)21(29)2)32(39)35-26-8-9-26/h7,10,15-17,20,22,26-27H,4-6,8-9,11-14,18-19H2,1-3H3,(H,35,39). The summed E-state index contributed by atoms with van der Waals surface area (Å²) in [5.74, 6) is -0.0341. The summed E-state index contributed by atoms with van der Waals surface area (Å²) in [6.45, 7) is 8.82. The number of halogens is 1. The summed E-state index contributed by atoms with van der Waals surface area (Å²) in [6, 6.07) is 9.66. The van der Waals surface area contributed by atoms with Crippen molar-refractivity contribution >= 4 is 16.7 Å². The molecule has 2 heterocycles. The van der Waals surface area contributed by atoms with E-state index < -0.39 is 5.82 Å². The maximum absolute atomic E-state index is 15.1. The van der Waals surface area contributed by atoms with Gasteiger partial charge >= 0.3 is 0 Å². The van der Waals surface area contributed by atoms with Crippen LogP contribution in [0, 0.1) is 18.7 Å². The van der Waals surface area contributed by atoms with Gasteiger partial charge in [0.15, 0.2) is 0 Å². The van der Waals surface area contributed by atoms with Crippen LogP contribution < -0.4 is 10.9 Å². The van der Waals surface area contributed by atoms with E-state index in [9.17, 15) is 9.59 Å². The van der Waals surface area contributed by atoms with Crippen LogP contribution in [0.4, 0.5) is 4.39 Å². The number of fused-ring (bicyclic) bond motifs is 1. The molecule has 3 aliphatic rings. The van der Waals surface area contributed by atoms with Crippen LogP contribution in [0.2, 0.25) is 0 Å². The number of carbonyl (C=O) groups is 1. The number of pyridine rings is 1. The Morgan fingerprint density at radius 1 is 1.05 bits per heavy atom. The molecule has 6 nitrogen and oxygen atoms in total. The molecule has 0 radical (unpaired) electrons. The molecule has 40 heavy (non-hydrogen) atoms. The topological polar surface area (TPSA) is 57.6 Å². The molecule has 1 aliphatic heterocycles. The molecule has 7 heteroatoms. The number of nitrogens with zero attached hydrogens (tertiary/aromatic N) is 3. The Morgan fingerprint density at radius 3 is 2.48 bits per heavy atom. The zero-order valence-corrected chi connectivity index (χ0v) is 24.0. The van der Waals surface area contributed by atoms with Gasteiger partial charge in [0.2, 0.25) is 0 Å². The average Bonchev–Trinajstić information content (AvgIpc) is 3.90. The number of likely N-dealkylation sites (tertiary alicyclic amines) is 1. The van der Waals surface area contributed by atoms with Gasteiger partial charge in [-0.25, -0.2) is 4.39 Å². The van der Waals surface area contributed by atoms with Crippen molar-refractivity contribution in [2.75, 3.05) is 26.7 Å². The Labute approximate surface area is 236 Å². The highest BCUT2D eigenvalue weighted by Gasteiger charge is 2.26. The first kappa shape index (κ1) is 27.2. The molecule has 2 saturated carbocycles. The number of hydrogen-bond donors (Lipinski definition) is 1. The predicted octanol–water partition coefficient (Wildman–Crippen LogP) is 5.33. The van der Waals surface area contributed by atoms with E-state index >= 15 is 4.39 Å². The van der Waals surface area contributed by atoms with Crippen molar-refractivity contribution < 1.29 is 9.18 Å². The van der Waals surface area contributed by atoms with Crippen LogP contribution in [0.15, 0.2) is 41.3 Å². The van der Waals surface area contributed by atoms with E-state index in [4.69, 9.17) is 0 Å². The molecular weight excluding hydrogens is 503 g/mol. The van der Waals surface area contributed by atoms with Crippen molar-refractivity contribution in [1.82, 2.24) is 19.7 Å². The molecule has 1 N–H and O–H groups in total. The Kier molecular flexibility index (Phi) is 7.53. The summed E-state index contributed by atoms with van der Waals surface area (Å²) < 4.78 is 17.0. The van der Waals surface area contributed by atoms with Crippen molar-refractivity contribution in [3.8, 4) is 11.1 Å². The number of nitrogens with one attached hydrogen (secondary N) is 1. The lowest BCUT2D eigenvalue weighted by Crippen LogP contribution is -2.43. The molecule has 6 rings (SSSR count). The van der Waals surface area contributed by atoms with Crippen molar-refractivity contribution in [3.05, 3.63) is 69.4 Å². The number of benzene rings is 2. The summed E-state index contributed by atoms with van der Waals surface area (Å²) in [7, 11) is 2.19. The quantitative estimate of drug-likeness (QED) is 0.396. The Hall–Kier alpha value is -3.03. The minimum Gasteiger partial charge on any atom is -0.349 e. The van der Waals surface area contributed by atoms with Gasteiger partial charge in [0, 0.05) is 42.3 Å². The number of rotatable bonds is 9. The van der Waals surface area contributed by atoms with Crippen LogP contribution in [-0.4, -0.2) is 59.0 Å². The van der Waals surface area contributed by atoms with Gasteiger partial charge < -0.3 is 14.8 Å². The first-order valence-corrected chi connectivity index (χ1v) is 15.0. The molecule has 3 aromatic rings. The third kappa shape index (κ3) is 5.72. The molecule has 0 unspecified atom stereocenters. The second kappa shape index (κ2) is 11.1. The van der Waals surface area contributed by atoms with Crippen LogP contribution in [0.5, 0.6) is 0 Å². The maximum atomic E-state index is 15.1. The summed E-state index contributed by atoms with van der Waals surface area (Å²) in [6.07, 6.45) is 8.67.